The highest BCUT2D eigenvalue weighted by molar-refractivity contribution is 5.27. The van der Waals surface area contributed by atoms with Crippen LogP contribution >= 0.6 is 0 Å². The lowest BCUT2D eigenvalue weighted by atomic mass is 10.2. The van der Waals surface area contributed by atoms with Crippen LogP contribution in [0.15, 0.2) is 24.3 Å². The fraction of sp³-hybridized carbons (Fsp3) is 0.571. The number of benzene rings is 1. The number of hydroxylamine groups is 1. The molecule has 1 atom stereocenters. The lowest BCUT2D eigenvalue weighted by Crippen LogP contribution is -2.32. The fourth-order valence-corrected chi connectivity index (χ4v) is 1.34. The average Bonchev–Trinajstić information content (AvgIpc) is 2.32. The summed E-state index contributed by atoms with van der Waals surface area (Å²) in [5.41, 5.74) is 3.87. The van der Waals surface area contributed by atoms with Gasteiger partial charge < -0.3 is 14.7 Å². The molecule has 1 rings (SSSR count). The number of aryl methyl sites for hydroxylation is 1. The molecular formula is C14H23NO3. The van der Waals surface area contributed by atoms with Gasteiger partial charge in [0.2, 0.25) is 0 Å². The minimum absolute atomic E-state index is 0.251. The second kappa shape index (κ2) is 8.08. The average molecular weight is 253 g/mol. The summed E-state index contributed by atoms with van der Waals surface area (Å²) in [6.45, 7) is 7.38. The molecule has 0 amide bonds. The van der Waals surface area contributed by atoms with Crippen LogP contribution in [0.4, 0.5) is 0 Å². The van der Waals surface area contributed by atoms with Crippen LogP contribution in [0.5, 0.6) is 5.75 Å². The third-order valence-electron chi connectivity index (χ3n) is 2.27. The van der Waals surface area contributed by atoms with Gasteiger partial charge in [0.25, 0.3) is 0 Å². The molecule has 1 unspecified atom stereocenters. The van der Waals surface area contributed by atoms with E-state index >= 15 is 0 Å². The zero-order valence-electron chi connectivity index (χ0n) is 11.3. The summed E-state index contributed by atoms with van der Waals surface area (Å²) in [5.74, 6) is 1.25. The Morgan fingerprint density at radius 2 is 2.06 bits per heavy atom. The molecule has 2 N–H and O–H groups in total. The van der Waals surface area contributed by atoms with Crippen molar-refractivity contribution in [3.8, 4) is 5.75 Å². The van der Waals surface area contributed by atoms with Gasteiger partial charge in [0.05, 0.1) is 13.2 Å². The summed E-state index contributed by atoms with van der Waals surface area (Å²) in [4.78, 5) is 5.17. The molecule has 0 aliphatic carbocycles. The molecule has 4 nitrogen and oxygen atoms in total. The van der Waals surface area contributed by atoms with E-state index in [9.17, 15) is 5.11 Å². The van der Waals surface area contributed by atoms with E-state index < -0.39 is 6.10 Å². The monoisotopic (exact) mass is 253 g/mol. The number of aliphatic hydroxyl groups excluding tert-OH is 1. The predicted octanol–water partition coefficient (Wildman–Crippen LogP) is 1.91. The minimum atomic E-state index is -0.585. The van der Waals surface area contributed by atoms with Crippen LogP contribution in [0, 0.1) is 12.8 Å². The van der Waals surface area contributed by atoms with E-state index in [0.717, 1.165) is 11.3 Å². The zero-order chi connectivity index (χ0) is 13.4. The van der Waals surface area contributed by atoms with Gasteiger partial charge in [0, 0.05) is 0 Å². The topological polar surface area (TPSA) is 50.7 Å². The molecule has 4 heteroatoms. The Hall–Kier alpha value is -1.10. The highest BCUT2D eigenvalue weighted by Gasteiger charge is 2.05. The quantitative estimate of drug-likeness (QED) is 0.549. The number of hydrogen-bond acceptors (Lipinski definition) is 4. The fourth-order valence-electron chi connectivity index (χ4n) is 1.34. The molecule has 1 aromatic carbocycles. The van der Waals surface area contributed by atoms with Crippen LogP contribution in [0.2, 0.25) is 0 Å². The van der Waals surface area contributed by atoms with E-state index in [-0.39, 0.29) is 6.61 Å². The second-order valence-corrected chi connectivity index (χ2v) is 4.83. The Kier molecular flexibility index (Phi) is 6.72. The normalized spacial score (nSPS) is 12.7. The molecule has 0 saturated heterocycles. The van der Waals surface area contributed by atoms with Gasteiger partial charge in [0.1, 0.15) is 18.5 Å². The Balaban J connectivity index is 2.15. The van der Waals surface area contributed by atoms with E-state index in [2.05, 4.69) is 19.3 Å². The molecule has 0 aliphatic rings. The van der Waals surface area contributed by atoms with Crippen molar-refractivity contribution in [1.82, 2.24) is 5.48 Å². The third kappa shape index (κ3) is 6.59. The Morgan fingerprint density at radius 1 is 1.28 bits per heavy atom. The van der Waals surface area contributed by atoms with Gasteiger partial charge in [-0.3, -0.25) is 0 Å². The molecule has 18 heavy (non-hydrogen) atoms. The largest absolute Gasteiger partial charge is 0.491 e. The van der Waals surface area contributed by atoms with E-state index in [4.69, 9.17) is 9.57 Å². The Labute approximate surface area is 109 Å². The molecule has 0 spiro atoms. The van der Waals surface area contributed by atoms with Crippen LogP contribution in [0.1, 0.15) is 19.4 Å². The number of hydrogen-bond donors (Lipinski definition) is 2. The van der Waals surface area contributed by atoms with Crippen molar-refractivity contribution in [2.75, 3.05) is 19.8 Å². The molecule has 0 aliphatic heterocycles. The third-order valence-corrected chi connectivity index (χ3v) is 2.27. The molecule has 0 bridgehead atoms. The van der Waals surface area contributed by atoms with Crippen molar-refractivity contribution in [2.45, 2.75) is 26.9 Å². The van der Waals surface area contributed by atoms with Gasteiger partial charge in [-0.2, -0.15) is 5.48 Å². The summed E-state index contributed by atoms with van der Waals surface area (Å²) >= 11 is 0. The van der Waals surface area contributed by atoms with Crippen LogP contribution in [0.25, 0.3) is 0 Å². The smallest absolute Gasteiger partial charge is 0.119 e. The summed E-state index contributed by atoms with van der Waals surface area (Å²) in [5, 5.41) is 9.68. The Bertz CT molecular complexity index is 342. The number of aliphatic hydroxyl groups is 1. The molecule has 102 valence electrons. The summed E-state index contributed by atoms with van der Waals surface area (Å²) in [6.07, 6.45) is -0.585. The van der Waals surface area contributed by atoms with E-state index in [1.54, 1.807) is 0 Å². The van der Waals surface area contributed by atoms with Gasteiger partial charge in [0.15, 0.2) is 0 Å². The molecular weight excluding hydrogens is 230 g/mol. The molecule has 0 saturated carbocycles. The predicted molar refractivity (Wildman–Crippen MR) is 71.5 cm³/mol. The molecule has 0 fully saturated rings. The maximum Gasteiger partial charge on any atom is 0.119 e. The maximum absolute atomic E-state index is 9.68. The Morgan fingerprint density at radius 3 is 2.72 bits per heavy atom. The van der Waals surface area contributed by atoms with Crippen LogP contribution in [-0.4, -0.2) is 31.0 Å². The van der Waals surface area contributed by atoms with Gasteiger partial charge in [-0.15, -0.1) is 0 Å². The molecule has 1 aromatic rings. The first-order valence-corrected chi connectivity index (χ1v) is 6.30. The standard InChI is InChI=1S/C14H23NO3/c1-11(2)9-18-15-8-13(16)10-17-14-6-4-5-12(3)7-14/h4-7,11,13,15-16H,8-10H2,1-3H3. The van der Waals surface area contributed by atoms with Crippen molar-refractivity contribution >= 4 is 0 Å². The summed E-state index contributed by atoms with van der Waals surface area (Å²) in [6, 6.07) is 7.75. The second-order valence-electron chi connectivity index (χ2n) is 4.83. The van der Waals surface area contributed by atoms with Crippen molar-refractivity contribution < 1.29 is 14.7 Å². The van der Waals surface area contributed by atoms with Crippen molar-refractivity contribution in [3.63, 3.8) is 0 Å². The number of rotatable bonds is 8. The molecule has 0 radical (unpaired) electrons. The number of nitrogens with one attached hydrogen (secondary N) is 1. The summed E-state index contributed by atoms with van der Waals surface area (Å²) < 4.78 is 5.48. The van der Waals surface area contributed by atoms with E-state index in [1.165, 1.54) is 0 Å². The van der Waals surface area contributed by atoms with Gasteiger partial charge in [-0.1, -0.05) is 26.0 Å². The molecule has 0 aromatic heterocycles. The highest BCUT2D eigenvalue weighted by Crippen LogP contribution is 2.12. The zero-order valence-corrected chi connectivity index (χ0v) is 11.3. The van der Waals surface area contributed by atoms with E-state index in [0.29, 0.717) is 19.1 Å². The number of ether oxygens (including phenoxy) is 1. The molecule has 0 heterocycles. The minimum Gasteiger partial charge on any atom is -0.491 e. The summed E-state index contributed by atoms with van der Waals surface area (Å²) in [7, 11) is 0. The highest BCUT2D eigenvalue weighted by atomic mass is 16.6. The first kappa shape index (κ1) is 15.0. The van der Waals surface area contributed by atoms with Crippen molar-refractivity contribution in [1.29, 1.82) is 0 Å². The van der Waals surface area contributed by atoms with Crippen molar-refractivity contribution in [2.24, 2.45) is 5.92 Å². The van der Waals surface area contributed by atoms with Crippen LogP contribution < -0.4 is 10.2 Å². The van der Waals surface area contributed by atoms with Crippen LogP contribution in [0.3, 0.4) is 0 Å². The van der Waals surface area contributed by atoms with Gasteiger partial charge in [-0.05, 0) is 30.5 Å². The van der Waals surface area contributed by atoms with E-state index in [1.807, 2.05) is 31.2 Å². The van der Waals surface area contributed by atoms with Gasteiger partial charge >= 0.3 is 0 Å². The first-order chi connectivity index (χ1) is 8.58. The van der Waals surface area contributed by atoms with Gasteiger partial charge in [-0.25, -0.2) is 0 Å². The lowest BCUT2D eigenvalue weighted by molar-refractivity contribution is -0.00773. The SMILES string of the molecule is Cc1cccc(OCC(O)CNOCC(C)C)c1. The van der Waals surface area contributed by atoms with Crippen molar-refractivity contribution in [3.05, 3.63) is 29.8 Å². The maximum atomic E-state index is 9.68. The first-order valence-electron chi connectivity index (χ1n) is 6.30. The lowest BCUT2D eigenvalue weighted by Gasteiger charge is -2.14. The van der Waals surface area contributed by atoms with Crippen LogP contribution in [-0.2, 0) is 4.84 Å².